The van der Waals surface area contributed by atoms with E-state index in [0.29, 0.717) is 11.8 Å². The van der Waals surface area contributed by atoms with Crippen LogP contribution in [-0.4, -0.2) is 21.2 Å². The van der Waals surface area contributed by atoms with E-state index in [2.05, 4.69) is 30.8 Å². The van der Waals surface area contributed by atoms with Crippen LogP contribution < -0.4 is 5.32 Å². The quantitative estimate of drug-likeness (QED) is 0.772. The molecule has 0 aliphatic heterocycles. The van der Waals surface area contributed by atoms with E-state index >= 15 is 0 Å². The second-order valence-corrected chi connectivity index (χ2v) is 7.34. The number of hydrogen-bond acceptors (Lipinski definition) is 3. The van der Waals surface area contributed by atoms with Gasteiger partial charge in [0.05, 0.1) is 11.8 Å². The molecule has 0 radical (unpaired) electrons. The van der Waals surface area contributed by atoms with Crippen molar-refractivity contribution in [3.05, 3.63) is 46.7 Å². The van der Waals surface area contributed by atoms with Crippen molar-refractivity contribution in [2.45, 2.75) is 37.0 Å². The van der Waals surface area contributed by atoms with Gasteiger partial charge in [0, 0.05) is 22.9 Å². The van der Waals surface area contributed by atoms with Crippen LogP contribution >= 0.6 is 27.7 Å². The number of carbonyl (C=O) groups is 1. The van der Waals surface area contributed by atoms with Crippen LogP contribution in [0.15, 0.2) is 46.3 Å². The molecule has 2 aromatic rings. The van der Waals surface area contributed by atoms with E-state index < -0.39 is 0 Å². The predicted molar refractivity (Wildman–Crippen MR) is 91.9 cm³/mol. The SMILES string of the molecule is CC(NC(=O)CSc1nccn1C1CC1)c1ccc(Br)cc1. The Labute approximate surface area is 142 Å². The van der Waals surface area contributed by atoms with Crippen LogP contribution in [0.25, 0.3) is 0 Å². The maximum absolute atomic E-state index is 12.1. The molecule has 1 N–H and O–H groups in total. The average molecular weight is 380 g/mol. The first kappa shape index (κ1) is 15.6. The first-order valence-electron chi connectivity index (χ1n) is 7.34. The van der Waals surface area contributed by atoms with Gasteiger partial charge in [0.25, 0.3) is 0 Å². The minimum Gasteiger partial charge on any atom is -0.349 e. The van der Waals surface area contributed by atoms with Crippen molar-refractivity contribution in [2.75, 3.05) is 5.75 Å². The maximum Gasteiger partial charge on any atom is 0.230 e. The Morgan fingerprint density at radius 3 is 2.86 bits per heavy atom. The molecule has 4 nitrogen and oxygen atoms in total. The predicted octanol–water partition coefficient (Wildman–Crippen LogP) is 3.95. The molecule has 116 valence electrons. The van der Waals surface area contributed by atoms with Crippen LogP contribution in [0.1, 0.15) is 37.4 Å². The molecule has 0 spiro atoms. The second kappa shape index (κ2) is 6.87. The molecule has 1 aromatic carbocycles. The van der Waals surface area contributed by atoms with Gasteiger partial charge in [0.1, 0.15) is 0 Å². The fraction of sp³-hybridized carbons (Fsp3) is 0.375. The van der Waals surface area contributed by atoms with Gasteiger partial charge in [-0.25, -0.2) is 4.98 Å². The Hall–Kier alpha value is -1.27. The maximum atomic E-state index is 12.1. The molecule has 1 saturated carbocycles. The number of amides is 1. The zero-order valence-electron chi connectivity index (χ0n) is 12.3. The summed E-state index contributed by atoms with van der Waals surface area (Å²) in [4.78, 5) is 16.4. The Morgan fingerprint density at radius 2 is 2.18 bits per heavy atom. The number of nitrogens with zero attached hydrogens (tertiary/aromatic N) is 2. The number of carbonyl (C=O) groups excluding carboxylic acids is 1. The van der Waals surface area contributed by atoms with E-state index in [1.165, 1.54) is 24.6 Å². The third kappa shape index (κ3) is 3.93. The van der Waals surface area contributed by atoms with Gasteiger partial charge in [-0.2, -0.15) is 0 Å². The Kier molecular flexibility index (Phi) is 4.88. The largest absolute Gasteiger partial charge is 0.349 e. The molecule has 1 fully saturated rings. The second-order valence-electron chi connectivity index (χ2n) is 5.48. The number of benzene rings is 1. The normalized spacial score (nSPS) is 15.5. The van der Waals surface area contributed by atoms with Gasteiger partial charge in [0.15, 0.2) is 5.16 Å². The van der Waals surface area contributed by atoms with Crippen LogP contribution in [0.2, 0.25) is 0 Å². The summed E-state index contributed by atoms with van der Waals surface area (Å²) in [6.07, 6.45) is 6.25. The van der Waals surface area contributed by atoms with E-state index in [1.54, 1.807) is 0 Å². The van der Waals surface area contributed by atoms with Crippen LogP contribution in [0.5, 0.6) is 0 Å². The summed E-state index contributed by atoms with van der Waals surface area (Å²) in [6.45, 7) is 2.00. The summed E-state index contributed by atoms with van der Waals surface area (Å²) < 4.78 is 3.22. The molecular weight excluding hydrogens is 362 g/mol. The van der Waals surface area contributed by atoms with E-state index in [0.717, 1.165) is 15.2 Å². The number of aromatic nitrogens is 2. The first-order chi connectivity index (χ1) is 10.6. The summed E-state index contributed by atoms with van der Waals surface area (Å²) >= 11 is 4.92. The fourth-order valence-electron chi connectivity index (χ4n) is 2.29. The van der Waals surface area contributed by atoms with Gasteiger partial charge < -0.3 is 9.88 Å². The lowest BCUT2D eigenvalue weighted by Crippen LogP contribution is -2.28. The van der Waals surface area contributed by atoms with Crippen molar-refractivity contribution in [1.29, 1.82) is 0 Å². The highest BCUT2D eigenvalue weighted by Gasteiger charge is 2.25. The number of halogens is 1. The minimum atomic E-state index is 0.00405. The third-order valence-electron chi connectivity index (χ3n) is 3.65. The zero-order chi connectivity index (χ0) is 15.5. The van der Waals surface area contributed by atoms with Crippen molar-refractivity contribution in [2.24, 2.45) is 0 Å². The van der Waals surface area contributed by atoms with E-state index in [-0.39, 0.29) is 11.9 Å². The molecule has 1 atom stereocenters. The van der Waals surface area contributed by atoms with Crippen LogP contribution in [0.3, 0.4) is 0 Å². The van der Waals surface area contributed by atoms with Gasteiger partial charge in [-0.15, -0.1) is 0 Å². The van der Waals surface area contributed by atoms with Crippen LogP contribution in [0, 0.1) is 0 Å². The van der Waals surface area contributed by atoms with Crippen molar-refractivity contribution in [1.82, 2.24) is 14.9 Å². The molecule has 1 heterocycles. The lowest BCUT2D eigenvalue weighted by molar-refractivity contribution is -0.119. The highest BCUT2D eigenvalue weighted by atomic mass is 79.9. The average Bonchev–Trinajstić information content (AvgIpc) is 3.24. The number of nitrogens with one attached hydrogen (secondary N) is 1. The molecule has 1 aliphatic carbocycles. The summed E-state index contributed by atoms with van der Waals surface area (Å²) in [5.74, 6) is 0.427. The van der Waals surface area contributed by atoms with Gasteiger partial charge in [0.2, 0.25) is 5.91 Å². The van der Waals surface area contributed by atoms with Gasteiger partial charge >= 0.3 is 0 Å². The topological polar surface area (TPSA) is 46.9 Å². The van der Waals surface area contributed by atoms with Crippen molar-refractivity contribution < 1.29 is 4.79 Å². The van der Waals surface area contributed by atoms with Crippen molar-refractivity contribution in [3.8, 4) is 0 Å². The van der Waals surface area contributed by atoms with E-state index in [9.17, 15) is 4.79 Å². The fourth-order valence-corrected chi connectivity index (χ4v) is 3.39. The van der Waals surface area contributed by atoms with Crippen molar-refractivity contribution >= 4 is 33.6 Å². The molecule has 0 saturated heterocycles. The standard InChI is InChI=1S/C16H18BrN3OS/c1-11(12-2-4-13(17)5-3-12)19-15(21)10-22-16-18-8-9-20(16)14-6-7-14/h2-5,8-9,11,14H,6-7,10H2,1H3,(H,19,21). The third-order valence-corrected chi connectivity index (χ3v) is 5.16. The minimum absolute atomic E-state index is 0.00405. The summed E-state index contributed by atoms with van der Waals surface area (Å²) in [6, 6.07) is 8.60. The Bertz CT molecular complexity index is 652. The molecule has 0 bridgehead atoms. The van der Waals surface area contributed by atoms with Crippen molar-refractivity contribution in [3.63, 3.8) is 0 Å². The van der Waals surface area contributed by atoms with E-state index in [1.807, 2.05) is 43.6 Å². The number of thioether (sulfide) groups is 1. The molecular formula is C16H18BrN3OS. The molecule has 1 unspecified atom stereocenters. The van der Waals surface area contributed by atoms with E-state index in [4.69, 9.17) is 0 Å². The number of rotatable bonds is 6. The molecule has 1 aliphatic rings. The lowest BCUT2D eigenvalue weighted by atomic mass is 10.1. The van der Waals surface area contributed by atoms with Gasteiger partial charge in [-0.3, -0.25) is 4.79 Å². The lowest BCUT2D eigenvalue weighted by Gasteiger charge is -2.14. The number of imidazole rings is 1. The molecule has 3 rings (SSSR count). The number of hydrogen-bond donors (Lipinski definition) is 1. The van der Waals surface area contributed by atoms with Crippen LogP contribution in [0.4, 0.5) is 0 Å². The Morgan fingerprint density at radius 1 is 1.45 bits per heavy atom. The van der Waals surface area contributed by atoms with Crippen LogP contribution in [-0.2, 0) is 4.79 Å². The molecule has 6 heteroatoms. The molecule has 1 aromatic heterocycles. The van der Waals surface area contributed by atoms with Gasteiger partial charge in [-0.05, 0) is 37.5 Å². The zero-order valence-corrected chi connectivity index (χ0v) is 14.7. The highest BCUT2D eigenvalue weighted by molar-refractivity contribution is 9.10. The first-order valence-corrected chi connectivity index (χ1v) is 9.12. The summed E-state index contributed by atoms with van der Waals surface area (Å²) in [7, 11) is 0. The summed E-state index contributed by atoms with van der Waals surface area (Å²) in [5, 5.41) is 3.97. The smallest absolute Gasteiger partial charge is 0.230 e. The van der Waals surface area contributed by atoms with Gasteiger partial charge in [-0.1, -0.05) is 39.8 Å². The summed E-state index contributed by atoms with van der Waals surface area (Å²) in [5.41, 5.74) is 1.10. The molecule has 1 amide bonds. The highest BCUT2D eigenvalue weighted by Crippen LogP contribution is 2.37. The molecule has 22 heavy (non-hydrogen) atoms. The Balaban J connectivity index is 1.51. The monoisotopic (exact) mass is 379 g/mol.